The first-order valence-corrected chi connectivity index (χ1v) is 10.3. The monoisotopic (exact) mass is 248 g/mol. The SMILES string of the molecule is CCCCC1=CC([Si]2(CCCC)CCC2)=CC1. The molecule has 0 N–H and O–H groups in total. The van der Waals surface area contributed by atoms with E-state index in [4.69, 9.17) is 0 Å². The van der Waals surface area contributed by atoms with Crippen LogP contribution in [-0.2, 0) is 0 Å². The lowest BCUT2D eigenvalue weighted by Gasteiger charge is -2.41. The molecule has 0 aromatic heterocycles. The van der Waals surface area contributed by atoms with E-state index in [0.717, 1.165) is 0 Å². The van der Waals surface area contributed by atoms with Crippen molar-refractivity contribution in [1.29, 1.82) is 0 Å². The molecule has 1 heterocycles. The number of allylic oxidation sites excluding steroid dienone is 4. The van der Waals surface area contributed by atoms with Crippen LogP contribution >= 0.6 is 0 Å². The van der Waals surface area contributed by atoms with Crippen molar-refractivity contribution in [2.24, 2.45) is 0 Å². The summed E-state index contributed by atoms with van der Waals surface area (Å²) in [6.07, 6.45) is 15.0. The van der Waals surface area contributed by atoms with Gasteiger partial charge in [0.2, 0.25) is 0 Å². The van der Waals surface area contributed by atoms with Crippen LogP contribution in [0.3, 0.4) is 0 Å². The molecule has 96 valence electrons. The average molecular weight is 248 g/mol. The lowest BCUT2D eigenvalue weighted by molar-refractivity contribution is 0.779. The second kappa shape index (κ2) is 6.04. The topological polar surface area (TPSA) is 0 Å². The van der Waals surface area contributed by atoms with Crippen molar-refractivity contribution in [2.45, 2.75) is 76.9 Å². The molecule has 0 nitrogen and oxygen atoms in total. The van der Waals surface area contributed by atoms with Crippen LogP contribution in [0.5, 0.6) is 0 Å². The second-order valence-electron chi connectivity index (χ2n) is 6.01. The van der Waals surface area contributed by atoms with E-state index in [1.807, 2.05) is 5.20 Å². The van der Waals surface area contributed by atoms with Gasteiger partial charge >= 0.3 is 0 Å². The van der Waals surface area contributed by atoms with E-state index in [-0.39, 0.29) is 0 Å². The molecule has 1 aliphatic carbocycles. The maximum Gasteiger partial charge on any atom is 0.0862 e. The molecule has 0 bridgehead atoms. The molecule has 0 aromatic carbocycles. The predicted molar refractivity (Wildman–Crippen MR) is 80.0 cm³/mol. The summed E-state index contributed by atoms with van der Waals surface area (Å²) in [6, 6.07) is 4.76. The number of hydrogen-bond donors (Lipinski definition) is 0. The van der Waals surface area contributed by atoms with E-state index < -0.39 is 8.07 Å². The van der Waals surface area contributed by atoms with Crippen molar-refractivity contribution < 1.29 is 0 Å². The van der Waals surface area contributed by atoms with Crippen LogP contribution in [0.2, 0.25) is 18.1 Å². The van der Waals surface area contributed by atoms with Crippen molar-refractivity contribution in [3.8, 4) is 0 Å². The molecule has 0 amide bonds. The summed E-state index contributed by atoms with van der Waals surface area (Å²) in [5, 5.41) is 1.85. The van der Waals surface area contributed by atoms with Crippen LogP contribution < -0.4 is 0 Å². The van der Waals surface area contributed by atoms with Crippen molar-refractivity contribution in [2.75, 3.05) is 0 Å². The average Bonchev–Trinajstić information content (AvgIpc) is 2.74. The third-order valence-electron chi connectivity index (χ3n) is 4.73. The Morgan fingerprint density at radius 3 is 2.47 bits per heavy atom. The molecule has 0 radical (unpaired) electrons. The van der Waals surface area contributed by atoms with Gasteiger partial charge in [0.1, 0.15) is 0 Å². The van der Waals surface area contributed by atoms with E-state index in [2.05, 4.69) is 26.0 Å². The first-order valence-electron chi connectivity index (χ1n) is 7.71. The van der Waals surface area contributed by atoms with Crippen LogP contribution in [-0.4, -0.2) is 8.07 Å². The van der Waals surface area contributed by atoms with Crippen LogP contribution in [0.25, 0.3) is 0 Å². The predicted octanol–water partition coefficient (Wildman–Crippen LogP) is 5.62. The molecule has 0 aromatic rings. The van der Waals surface area contributed by atoms with Crippen molar-refractivity contribution in [3.05, 3.63) is 22.9 Å². The number of rotatable bonds is 7. The fourth-order valence-electron chi connectivity index (χ4n) is 3.33. The van der Waals surface area contributed by atoms with Gasteiger partial charge in [-0.1, -0.05) is 80.6 Å². The Labute approximate surface area is 108 Å². The van der Waals surface area contributed by atoms with Gasteiger partial charge in [-0.05, 0) is 19.3 Å². The Balaban J connectivity index is 1.94. The maximum atomic E-state index is 2.62. The fourth-order valence-corrected chi connectivity index (χ4v) is 7.98. The lowest BCUT2D eigenvalue weighted by Crippen LogP contribution is -2.43. The minimum Gasteiger partial charge on any atom is -0.0812 e. The fraction of sp³-hybridized carbons (Fsp3) is 0.750. The highest BCUT2D eigenvalue weighted by atomic mass is 28.3. The smallest absolute Gasteiger partial charge is 0.0812 e. The van der Waals surface area contributed by atoms with Crippen LogP contribution in [0, 0.1) is 0 Å². The van der Waals surface area contributed by atoms with Crippen molar-refractivity contribution >= 4 is 8.07 Å². The normalized spacial score (nSPS) is 22.0. The van der Waals surface area contributed by atoms with Gasteiger partial charge in [0, 0.05) is 0 Å². The first-order chi connectivity index (χ1) is 8.30. The molecule has 0 unspecified atom stereocenters. The van der Waals surface area contributed by atoms with E-state index in [9.17, 15) is 0 Å². The maximum absolute atomic E-state index is 2.62. The number of hydrogen-bond acceptors (Lipinski definition) is 0. The van der Waals surface area contributed by atoms with Gasteiger partial charge < -0.3 is 0 Å². The van der Waals surface area contributed by atoms with Crippen molar-refractivity contribution in [1.82, 2.24) is 0 Å². The second-order valence-corrected chi connectivity index (χ2v) is 10.6. The van der Waals surface area contributed by atoms with Gasteiger partial charge in [-0.3, -0.25) is 0 Å². The molecule has 0 spiro atoms. The van der Waals surface area contributed by atoms with Crippen LogP contribution in [0.15, 0.2) is 22.9 Å². The molecular weight excluding hydrogens is 220 g/mol. The molecule has 1 heteroatoms. The Morgan fingerprint density at radius 1 is 1.12 bits per heavy atom. The van der Waals surface area contributed by atoms with E-state index in [0.29, 0.717) is 0 Å². The summed E-state index contributed by atoms with van der Waals surface area (Å²) in [5.74, 6) is 0. The molecule has 2 aliphatic rings. The first kappa shape index (κ1) is 13.1. The van der Waals surface area contributed by atoms with E-state index in [1.54, 1.807) is 23.7 Å². The van der Waals surface area contributed by atoms with Crippen molar-refractivity contribution in [3.63, 3.8) is 0 Å². The lowest BCUT2D eigenvalue weighted by atomic mass is 10.1. The van der Waals surface area contributed by atoms with E-state index >= 15 is 0 Å². The summed E-state index contributed by atoms with van der Waals surface area (Å²) in [4.78, 5) is 0. The van der Waals surface area contributed by atoms with Gasteiger partial charge in [-0.15, -0.1) is 0 Å². The molecule has 1 saturated heterocycles. The summed E-state index contributed by atoms with van der Waals surface area (Å²) in [5.41, 5.74) is 1.73. The minimum absolute atomic E-state index is 0.927. The quantitative estimate of drug-likeness (QED) is 0.513. The molecule has 2 rings (SSSR count). The van der Waals surface area contributed by atoms with Gasteiger partial charge in [0.15, 0.2) is 0 Å². The molecule has 0 atom stereocenters. The largest absolute Gasteiger partial charge is 0.0862 e. The summed E-state index contributed by atoms with van der Waals surface area (Å²) < 4.78 is 0. The van der Waals surface area contributed by atoms with Gasteiger partial charge in [-0.2, -0.15) is 0 Å². The molecular formula is C16H28Si. The zero-order valence-electron chi connectivity index (χ0n) is 11.7. The van der Waals surface area contributed by atoms with Crippen LogP contribution in [0.4, 0.5) is 0 Å². The van der Waals surface area contributed by atoms with Gasteiger partial charge in [-0.25, -0.2) is 0 Å². The third-order valence-corrected chi connectivity index (χ3v) is 10.2. The highest BCUT2D eigenvalue weighted by Gasteiger charge is 2.41. The summed E-state index contributed by atoms with van der Waals surface area (Å²) >= 11 is 0. The Hall–Kier alpha value is -0.303. The Morgan fingerprint density at radius 2 is 1.88 bits per heavy atom. The zero-order chi connectivity index (χ0) is 12.1. The summed E-state index contributed by atoms with van der Waals surface area (Å²) in [7, 11) is -0.927. The molecule has 1 fully saturated rings. The Kier molecular flexibility index (Phi) is 4.67. The highest BCUT2D eigenvalue weighted by Crippen LogP contribution is 2.45. The molecule has 0 saturated carbocycles. The van der Waals surface area contributed by atoms with Crippen LogP contribution in [0.1, 0.15) is 58.8 Å². The zero-order valence-corrected chi connectivity index (χ0v) is 12.7. The van der Waals surface area contributed by atoms with Gasteiger partial charge in [0.25, 0.3) is 0 Å². The minimum atomic E-state index is -0.927. The molecule has 1 aliphatic heterocycles. The number of unbranched alkanes of at least 4 members (excludes halogenated alkanes) is 2. The standard InChI is InChI=1S/C16H28Si/c1-3-5-8-15-9-10-16(14-15)17(11-6-4-2)12-7-13-17/h10,14H,3-9,11-13H2,1-2H3. The highest BCUT2D eigenvalue weighted by molar-refractivity contribution is 6.89. The Bertz CT molecular complexity index is 307. The third kappa shape index (κ3) is 2.93. The van der Waals surface area contributed by atoms with Gasteiger partial charge in [0.05, 0.1) is 8.07 Å². The summed E-state index contributed by atoms with van der Waals surface area (Å²) in [6.45, 7) is 4.64. The molecule has 17 heavy (non-hydrogen) atoms. The van der Waals surface area contributed by atoms with E-state index in [1.165, 1.54) is 44.9 Å².